The highest BCUT2D eigenvalue weighted by Gasteiger charge is 2.29. The van der Waals surface area contributed by atoms with Gasteiger partial charge in [-0.15, -0.1) is 10.2 Å². The Morgan fingerprint density at radius 3 is 2.17 bits per heavy atom. The van der Waals surface area contributed by atoms with Gasteiger partial charge < -0.3 is 0 Å². The lowest BCUT2D eigenvalue weighted by Gasteiger charge is -2.07. The fourth-order valence-corrected chi connectivity index (χ4v) is 1.43. The smallest absolute Gasteiger partial charge is 0.262 e. The molecule has 0 aliphatic rings. The Kier molecular flexibility index (Phi) is 3.77. The molecule has 0 fully saturated rings. The van der Waals surface area contributed by atoms with Crippen LogP contribution in [0.15, 0.2) is 39.4 Å². The van der Waals surface area contributed by atoms with Crippen molar-refractivity contribution in [1.82, 2.24) is 0 Å². The summed E-state index contributed by atoms with van der Waals surface area (Å²) in [6.45, 7) is 2.60. The fraction of sp³-hybridized carbons (Fsp3) is 0.333. The van der Waals surface area contributed by atoms with Crippen molar-refractivity contribution in [3.05, 3.63) is 34.4 Å². The number of rotatable bonds is 4. The molecule has 0 amide bonds. The van der Waals surface area contributed by atoms with Gasteiger partial charge >= 0.3 is 5.66 Å². The number of hydrogen-bond donors (Lipinski definition) is 1. The van der Waals surface area contributed by atoms with E-state index in [4.69, 9.17) is 5.14 Å². The SMILES string of the molecule is CC(C)(N=Nc1ccc(S(N)(=O)=O)cc1)[N+](=O)[O-]. The molecule has 0 saturated heterocycles. The van der Waals surface area contributed by atoms with E-state index in [1.807, 2.05) is 0 Å². The lowest BCUT2D eigenvalue weighted by molar-refractivity contribution is -0.559. The quantitative estimate of drug-likeness (QED) is 0.505. The molecular weight excluding hydrogens is 260 g/mol. The summed E-state index contributed by atoms with van der Waals surface area (Å²) in [4.78, 5) is 9.95. The highest BCUT2D eigenvalue weighted by atomic mass is 32.2. The lowest BCUT2D eigenvalue weighted by Crippen LogP contribution is -2.27. The van der Waals surface area contributed by atoms with Gasteiger partial charge in [-0.25, -0.2) is 13.6 Å². The fourth-order valence-electron chi connectivity index (χ4n) is 0.919. The van der Waals surface area contributed by atoms with E-state index in [1.165, 1.54) is 38.1 Å². The first-order valence-corrected chi connectivity index (χ1v) is 6.38. The van der Waals surface area contributed by atoms with Gasteiger partial charge in [0, 0.05) is 13.8 Å². The van der Waals surface area contributed by atoms with Crippen LogP contribution < -0.4 is 5.14 Å². The summed E-state index contributed by atoms with van der Waals surface area (Å²) >= 11 is 0. The van der Waals surface area contributed by atoms with Gasteiger partial charge in [-0.3, -0.25) is 10.1 Å². The first-order chi connectivity index (χ1) is 8.13. The van der Waals surface area contributed by atoms with Crippen LogP contribution in [0.1, 0.15) is 13.8 Å². The van der Waals surface area contributed by atoms with Crippen molar-refractivity contribution in [1.29, 1.82) is 0 Å². The Labute approximate surface area is 104 Å². The Morgan fingerprint density at radius 2 is 1.78 bits per heavy atom. The molecule has 1 rings (SSSR count). The van der Waals surface area contributed by atoms with Crippen molar-refractivity contribution >= 4 is 15.7 Å². The molecular formula is C9H12N4O4S. The number of primary sulfonamides is 1. The van der Waals surface area contributed by atoms with Crippen LogP contribution in [0.4, 0.5) is 5.69 Å². The van der Waals surface area contributed by atoms with Crippen molar-refractivity contribution in [3.8, 4) is 0 Å². The third-order valence-corrected chi connectivity index (χ3v) is 2.95. The van der Waals surface area contributed by atoms with Gasteiger partial charge in [0.1, 0.15) is 0 Å². The number of nitrogens with zero attached hydrogens (tertiary/aromatic N) is 3. The second kappa shape index (κ2) is 4.78. The zero-order valence-electron chi connectivity index (χ0n) is 9.77. The maximum atomic E-state index is 11.0. The largest absolute Gasteiger partial charge is 0.324 e. The third kappa shape index (κ3) is 3.57. The van der Waals surface area contributed by atoms with Crippen molar-refractivity contribution in [2.24, 2.45) is 15.4 Å². The molecule has 0 radical (unpaired) electrons. The summed E-state index contributed by atoms with van der Waals surface area (Å²) in [5, 5.41) is 22.7. The molecule has 0 aliphatic heterocycles. The van der Waals surface area contributed by atoms with E-state index in [1.54, 1.807) is 0 Å². The second-order valence-corrected chi connectivity index (χ2v) is 5.55. The van der Waals surface area contributed by atoms with Gasteiger partial charge in [0.25, 0.3) is 0 Å². The zero-order chi connectivity index (χ0) is 14.0. The monoisotopic (exact) mass is 272 g/mol. The van der Waals surface area contributed by atoms with E-state index < -0.39 is 20.6 Å². The summed E-state index contributed by atoms with van der Waals surface area (Å²) in [6.07, 6.45) is 0. The van der Waals surface area contributed by atoms with Gasteiger partial charge in [-0.05, 0) is 24.3 Å². The Hall–Kier alpha value is -1.87. The van der Waals surface area contributed by atoms with Gasteiger partial charge in [0.05, 0.1) is 15.5 Å². The van der Waals surface area contributed by atoms with Crippen LogP contribution in [0.3, 0.4) is 0 Å². The average molecular weight is 272 g/mol. The normalized spacial score (nSPS) is 12.8. The second-order valence-electron chi connectivity index (χ2n) is 3.99. The number of sulfonamides is 1. The summed E-state index contributed by atoms with van der Waals surface area (Å²) in [5.74, 6) is 0. The number of nitrogens with two attached hydrogens (primary N) is 1. The molecule has 0 spiro atoms. The Bertz CT molecular complexity index is 577. The molecule has 2 N–H and O–H groups in total. The molecule has 0 saturated carbocycles. The average Bonchev–Trinajstić information content (AvgIpc) is 2.25. The van der Waals surface area contributed by atoms with Crippen LogP contribution in [-0.4, -0.2) is 19.0 Å². The molecule has 9 heteroatoms. The molecule has 18 heavy (non-hydrogen) atoms. The molecule has 1 aromatic carbocycles. The van der Waals surface area contributed by atoms with E-state index in [2.05, 4.69) is 10.2 Å². The molecule has 0 unspecified atom stereocenters. The predicted octanol–water partition coefficient (Wildman–Crippen LogP) is 1.43. The summed E-state index contributed by atoms with van der Waals surface area (Å²) in [6, 6.07) is 5.23. The van der Waals surface area contributed by atoms with Crippen LogP contribution in [0, 0.1) is 10.1 Å². The van der Waals surface area contributed by atoms with Gasteiger partial charge in [0.15, 0.2) is 0 Å². The minimum atomic E-state index is -3.76. The minimum absolute atomic E-state index is 0.0602. The summed E-state index contributed by atoms with van der Waals surface area (Å²) in [5.41, 5.74) is -1.23. The zero-order valence-corrected chi connectivity index (χ0v) is 10.6. The van der Waals surface area contributed by atoms with Gasteiger partial charge in [-0.2, -0.15) is 0 Å². The van der Waals surface area contributed by atoms with Crippen LogP contribution in [0.25, 0.3) is 0 Å². The number of hydrogen-bond acceptors (Lipinski definition) is 6. The van der Waals surface area contributed by atoms with Crippen LogP contribution in [0.2, 0.25) is 0 Å². The molecule has 8 nitrogen and oxygen atoms in total. The first kappa shape index (κ1) is 14.2. The maximum Gasteiger partial charge on any atom is 0.324 e. The number of nitro groups is 1. The van der Waals surface area contributed by atoms with E-state index >= 15 is 0 Å². The maximum absolute atomic E-state index is 11.0. The van der Waals surface area contributed by atoms with Crippen LogP contribution >= 0.6 is 0 Å². The molecule has 0 aromatic heterocycles. The molecule has 0 atom stereocenters. The first-order valence-electron chi connectivity index (χ1n) is 4.83. The van der Waals surface area contributed by atoms with Crippen LogP contribution in [-0.2, 0) is 10.0 Å². The Morgan fingerprint density at radius 1 is 1.28 bits per heavy atom. The predicted molar refractivity (Wildman–Crippen MR) is 63.4 cm³/mol. The highest BCUT2D eigenvalue weighted by molar-refractivity contribution is 7.89. The van der Waals surface area contributed by atoms with Crippen molar-refractivity contribution in [2.75, 3.05) is 0 Å². The van der Waals surface area contributed by atoms with Crippen LogP contribution in [0.5, 0.6) is 0 Å². The summed E-state index contributed by atoms with van der Waals surface area (Å²) in [7, 11) is -3.76. The van der Waals surface area contributed by atoms with E-state index in [0.29, 0.717) is 5.69 Å². The number of benzene rings is 1. The topological polar surface area (TPSA) is 128 Å². The molecule has 1 aromatic rings. The van der Waals surface area contributed by atoms with Crippen molar-refractivity contribution in [2.45, 2.75) is 24.4 Å². The van der Waals surface area contributed by atoms with Gasteiger partial charge in [-0.1, -0.05) is 0 Å². The minimum Gasteiger partial charge on any atom is -0.262 e. The van der Waals surface area contributed by atoms with E-state index in [0.717, 1.165) is 0 Å². The lowest BCUT2D eigenvalue weighted by atomic mass is 10.3. The molecule has 98 valence electrons. The Balaban J connectivity index is 2.95. The molecule has 0 heterocycles. The van der Waals surface area contributed by atoms with Crippen molar-refractivity contribution in [3.63, 3.8) is 0 Å². The summed E-state index contributed by atoms with van der Waals surface area (Å²) < 4.78 is 22.0. The molecule has 0 bridgehead atoms. The third-order valence-electron chi connectivity index (χ3n) is 2.02. The van der Waals surface area contributed by atoms with E-state index in [9.17, 15) is 18.5 Å². The number of azo groups is 1. The highest BCUT2D eigenvalue weighted by Crippen LogP contribution is 2.19. The van der Waals surface area contributed by atoms with E-state index in [-0.39, 0.29) is 4.90 Å². The standard InChI is InChI=1S/C9H12N4O4S/c1-9(2,13(14)15)12-11-7-3-5-8(6-4-7)18(10,16)17/h3-6H,1-2H3,(H2,10,16,17). The molecule has 0 aliphatic carbocycles. The van der Waals surface area contributed by atoms with Gasteiger partial charge in [0.2, 0.25) is 10.0 Å². The van der Waals surface area contributed by atoms with Crippen molar-refractivity contribution < 1.29 is 13.3 Å².